The predicted molar refractivity (Wildman–Crippen MR) is 72.9 cm³/mol. The Morgan fingerprint density at radius 1 is 1.37 bits per heavy atom. The summed E-state index contributed by atoms with van der Waals surface area (Å²) in [7, 11) is 0. The van der Waals surface area contributed by atoms with E-state index in [1.165, 1.54) is 11.1 Å². The first-order chi connectivity index (χ1) is 9.28. The number of nitrogens with one attached hydrogen (secondary N) is 3. The van der Waals surface area contributed by atoms with Crippen LogP contribution in [-0.2, 0) is 19.5 Å². The number of nitrogens with zero attached hydrogens (tertiary/aromatic N) is 1. The van der Waals surface area contributed by atoms with Crippen molar-refractivity contribution in [1.29, 1.82) is 0 Å². The van der Waals surface area contributed by atoms with Crippen molar-refractivity contribution in [2.45, 2.75) is 26.4 Å². The van der Waals surface area contributed by atoms with Crippen LogP contribution in [0.3, 0.4) is 0 Å². The summed E-state index contributed by atoms with van der Waals surface area (Å²) in [6.45, 7) is 3.75. The van der Waals surface area contributed by atoms with Gasteiger partial charge in [-0.25, -0.2) is 0 Å². The molecule has 3 rings (SSSR count). The Hall–Kier alpha value is -2.14. The van der Waals surface area contributed by atoms with Crippen molar-refractivity contribution in [1.82, 2.24) is 15.5 Å². The van der Waals surface area contributed by atoms with E-state index in [2.05, 4.69) is 20.8 Å². The number of aryl methyl sites for hydroxylation is 1. The molecule has 3 N–H and O–H groups in total. The zero-order valence-electron chi connectivity index (χ0n) is 10.8. The molecule has 1 aliphatic heterocycles. The van der Waals surface area contributed by atoms with Gasteiger partial charge in [0.2, 0.25) is 0 Å². The average molecular weight is 256 g/mol. The molecule has 0 unspecified atom stereocenters. The Labute approximate surface area is 111 Å². The van der Waals surface area contributed by atoms with Crippen LogP contribution in [0.2, 0.25) is 0 Å². The number of rotatable bonds is 3. The minimum atomic E-state index is -0.103. The molecule has 19 heavy (non-hydrogen) atoms. The van der Waals surface area contributed by atoms with E-state index in [-0.39, 0.29) is 5.91 Å². The van der Waals surface area contributed by atoms with Crippen molar-refractivity contribution in [3.63, 3.8) is 0 Å². The van der Waals surface area contributed by atoms with Crippen LogP contribution in [0.1, 0.15) is 34.0 Å². The van der Waals surface area contributed by atoms with E-state index in [0.29, 0.717) is 11.4 Å². The Morgan fingerprint density at radius 3 is 3.05 bits per heavy atom. The third kappa shape index (κ3) is 2.24. The number of hydrogen-bond donors (Lipinski definition) is 3. The zero-order chi connectivity index (χ0) is 13.2. The maximum Gasteiger partial charge on any atom is 0.256 e. The number of aromatic amines is 1. The van der Waals surface area contributed by atoms with Crippen LogP contribution >= 0.6 is 0 Å². The summed E-state index contributed by atoms with van der Waals surface area (Å²) in [6, 6.07) is 5.83. The average Bonchev–Trinajstić information content (AvgIpc) is 3.05. The first kappa shape index (κ1) is 11.9. The van der Waals surface area contributed by atoms with Crippen molar-refractivity contribution in [3.8, 4) is 0 Å². The normalized spacial score (nSPS) is 13.3. The summed E-state index contributed by atoms with van der Waals surface area (Å²) in [5.74, 6) is 0.583. The van der Waals surface area contributed by atoms with Gasteiger partial charge in [0.25, 0.3) is 5.91 Å². The molecule has 1 amide bonds. The van der Waals surface area contributed by atoms with Crippen molar-refractivity contribution in [2.75, 3.05) is 5.32 Å². The van der Waals surface area contributed by atoms with Gasteiger partial charge in [-0.05, 0) is 29.7 Å². The number of carbonyl (C=O) groups excluding carboxylic acids is 1. The molecule has 5 heteroatoms. The van der Waals surface area contributed by atoms with Gasteiger partial charge in [-0.15, -0.1) is 0 Å². The summed E-state index contributed by atoms with van der Waals surface area (Å²) >= 11 is 0. The number of benzene rings is 1. The van der Waals surface area contributed by atoms with Crippen molar-refractivity contribution < 1.29 is 4.79 Å². The topological polar surface area (TPSA) is 69.8 Å². The molecule has 2 aromatic rings. The van der Waals surface area contributed by atoms with Crippen LogP contribution in [0.4, 0.5) is 5.82 Å². The van der Waals surface area contributed by atoms with Crippen LogP contribution in [-0.4, -0.2) is 16.1 Å². The van der Waals surface area contributed by atoms with E-state index >= 15 is 0 Å². The molecular weight excluding hydrogens is 240 g/mol. The highest BCUT2D eigenvalue weighted by Crippen LogP contribution is 2.18. The van der Waals surface area contributed by atoms with E-state index in [1.54, 1.807) is 6.20 Å². The fourth-order valence-corrected chi connectivity index (χ4v) is 2.31. The second-order valence-electron chi connectivity index (χ2n) is 4.66. The van der Waals surface area contributed by atoms with Crippen LogP contribution in [0.5, 0.6) is 0 Å². The van der Waals surface area contributed by atoms with E-state index in [4.69, 9.17) is 0 Å². The largest absolute Gasteiger partial charge is 0.309 e. The standard InChI is InChI=1S/C14H16N4O/c1-2-9-8-16-18-13(9)17-14(19)10-3-4-11-6-15-7-12(11)5-10/h3-5,8,15H,2,6-7H2,1H3,(H2,16,17,18,19). The van der Waals surface area contributed by atoms with E-state index < -0.39 is 0 Å². The smallest absolute Gasteiger partial charge is 0.256 e. The van der Waals surface area contributed by atoms with Crippen LogP contribution < -0.4 is 10.6 Å². The Balaban J connectivity index is 1.81. The molecule has 0 saturated carbocycles. The molecule has 5 nitrogen and oxygen atoms in total. The molecule has 0 bridgehead atoms. The van der Waals surface area contributed by atoms with Crippen molar-refractivity contribution >= 4 is 11.7 Å². The molecule has 0 aliphatic carbocycles. The van der Waals surface area contributed by atoms with Gasteiger partial charge in [0, 0.05) is 24.2 Å². The van der Waals surface area contributed by atoms with Crippen molar-refractivity contribution in [2.24, 2.45) is 0 Å². The first-order valence-electron chi connectivity index (χ1n) is 6.44. The molecule has 98 valence electrons. The first-order valence-corrected chi connectivity index (χ1v) is 6.44. The molecule has 0 fully saturated rings. The second kappa shape index (κ2) is 4.85. The molecule has 0 radical (unpaired) electrons. The van der Waals surface area contributed by atoms with Crippen LogP contribution in [0.25, 0.3) is 0 Å². The quantitative estimate of drug-likeness (QED) is 0.784. The van der Waals surface area contributed by atoms with Gasteiger partial charge < -0.3 is 10.6 Å². The molecule has 2 heterocycles. The fourth-order valence-electron chi connectivity index (χ4n) is 2.31. The van der Waals surface area contributed by atoms with Crippen LogP contribution in [0, 0.1) is 0 Å². The molecule has 0 spiro atoms. The van der Waals surface area contributed by atoms with Crippen molar-refractivity contribution in [3.05, 3.63) is 46.6 Å². The van der Waals surface area contributed by atoms with Gasteiger partial charge in [0.05, 0.1) is 6.20 Å². The summed E-state index contributed by atoms with van der Waals surface area (Å²) in [6.07, 6.45) is 2.57. The molecular formula is C14H16N4O. The number of fused-ring (bicyclic) bond motifs is 1. The lowest BCUT2D eigenvalue weighted by atomic mass is 10.1. The SMILES string of the molecule is CCc1cn[nH]c1NC(=O)c1ccc2c(c1)CNC2. The number of hydrogen-bond acceptors (Lipinski definition) is 3. The summed E-state index contributed by atoms with van der Waals surface area (Å²) in [4.78, 5) is 12.2. The second-order valence-corrected chi connectivity index (χ2v) is 4.66. The summed E-state index contributed by atoms with van der Waals surface area (Å²) in [5, 5.41) is 12.9. The number of carbonyl (C=O) groups is 1. The van der Waals surface area contributed by atoms with E-state index in [9.17, 15) is 4.79 Å². The molecule has 1 aromatic carbocycles. The number of aromatic nitrogens is 2. The predicted octanol–water partition coefficient (Wildman–Crippen LogP) is 1.83. The highest BCUT2D eigenvalue weighted by atomic mass is 16.1. The zero-order valence-corrected chi connectivity index (χ0v) is 10.8. The highest BCUT2D eigenvalue weighted by Gasteiger charge is 2.14. The minimum Gasteiger partial charge on any atom is -0.309 e. The molecule has 1 aliphatic rings. The van der Waals surface area contributed by atoms with E-state index in [0.717, 1.165) is 25.1 Å². The minimum absolute atomic E-state index is 0.103. The lowest BCUT2D eigenvalue weighted by molar-refractivity contribution is 0.102. The highest BCUT2D eigenvalue weighted by molar-refractivity contribution is 6.04. The third-order valence-electron chi connectivity index (χ3n) is 3.44. The molecule has 1 aromatic heterocycles. The van der Waals surface area contributed by atoms with Crippen LogP contribution in [0.15, 0.2) is 24.4 Å². The fraction of sp³-hybridized carbons (Fsp3) is 0.286. The maximum absolute atomic E-state index is 12.2. The number of amides is 1. The lowest BCUT2D eigenvalue weighted by Crippen LogP contribution is -2.13. The number of anilines is 1. The van der Waals surface area contributed by atoms with Gasteiger partial charge in [0.15, 0.2) is 0 Å². The Bertz CT molecular complexity index is 618. The molecule has 0 atom stereocenters. The third-order valence-corrected chi connectivity index (χ3v) is 3.44. The summed E-state index contributed by atoms with van der Waals surface area (Å²) in [5.41, 5.74) is 4.16. The maximum atomic E-state index is 12.2. The lowest BCUT2D eigenvalue weighted by Gasteiger charge is -2.06. The van der Waals surface area contributed by atoms with Gasteiger partial charge >= 0.3 is 0 Å². The van der Waals surface area contributed by atoms with E-state index in [1.807, 2.05) is 25.1 Å². The van der Waals surface area contributed by atoms with Gasteiger partial charge in [-0.3, -0.25) is 9.89 Å². The van der Waals surface area contributed by atoms with Gasteiger partial charge in [0.1, 0.15) is 5.82 Å². The Morgan fingerprint density at radius 2 is 2.21 bits per heavy atom. The number of H-pyrrole nitrogens is 1. The monoisotopic (exact) mass is 256 g/mol. The Kier molecular flexibility index (Phi) is 3.05. The summed E-state index contributed by atoms with van der Waals surface area (Å²) < 4.78 is 0. The van der Waals surface area contributed by atoms with Gasteiger partial charge in [-0.1, -0.05) is 13.0 Å². The molecule has 0 saturated heterocycles. The van der Waals surface area contributed by atoms with Gasteiger partial charge in [-0.2, -0.15) is 5.10 Å².